The Morgan fingerprint density at radius 2 is 1.57 bits per heavy atom. The molecule has 158 valence electrons. The number of oxime groups is 1. The summed E-state index contributed by atoms with van der Waals surface area (Å²) < 4.78 is 17.2. The van der Waals surface area contributed by atoms with Gasteiger partial charge < -0.3 is 19.0 Å². The molecule has 5 heteroatoms. The molecule has 0 amide bonds. The van der Waals surface area contributed by atoms with Crippen LogP contribution in [0.15, 0.2) is 53.7 Å². The first-order valence-electron chi connectivity index (χ1n) is 9.79. The van der Waals surface area contributed by atoms with Gasteiger partial charge >= 0.3 is 0 Å². The van der Waals surface area contributed by atoms with E-state index in [1.54, 1.807) is 0 Å². The number of rotatable bonds is 9. The van der Waals surface area contributed by atoms with Crippen molar-refractivity contribution in [3.8, 4) is 29.1 Å². The second kappa shape index (κ2) is 12.2. The fraction of sp³-hybridized carbons (Fsp3) is 0.320. The molecule has 0 aliphatic carbocycles. The Hall–Kier alpha value is -3.39. The van der Waals surface area contributed by atoms with E-state index in [4.69, 9.17) is 19.0 Å². The zero-order chi connectivity index (χ0) is 21.8. The Bertz CT molecular complexity index is 911. The van der Waals surface area contributed by atoms with E-state index in [-0.39, 0.29) is 0 Å². The van der Waals surface area contributed by atoms with Crippen molar-refractivity contribution in [2.24, 2.45) is 5.16 Å². The third-order valence-corrected chi connectivity index (χ3v) is 4.24. The lowest BCUT2D eigenvalue weighted by Crippen LogP contribution is -2.01. The summed E-state index contributed by atoms with van der Waals surface area (Å²) >= 11 is 0. The van der Waals surface area contributed by atoms with Gasteiger partial charge in [-0.25, -0.2) is 0 Å². The standard InChI is InChI=1S/C25H29NO4/c1-6-7-14-29-24-17-19(2)25(20(3)18-24)30-16-9-8-15-28-23-12-10-22(11-13-23)21(4)26-27-5/h6-7,10-13,17-18H,14-16H2,1-5H3/b7-6+,26-21+. The molecule has 0 unspecified atom stereocenters. The summed E-state index contributed by atoms with van der Waals surface area (Å²) in [6.07, 6.45) is 3.94. The summed E-state index contributed by atoms with van der Waals surface area (Å²) in [7, 11) is 1.53. The Labute approximate surface area is 179 Å². The van der Waals surface area contributed by atoms with Gasteiger partial charge in [0, 0.05) is 0 Å². The number of hydrogen-bond donors (Lipinski definition) is 0. The molecule has 5 nitrogen and oxygen atoms in total. The summed E-state index contributed by atoms with van der Waals surface area (Å²) in [5.41, 5.74) is 3.84. The molecule has 30 heavy (non-hydrogen) atoms. The minimum absolute atomic E-state index is 0.295. The molecule has 0 fully saturated rings. The molecule has 0 aromatic heterocycles. The number of nitrogens with zero attached hydrogens (tertiary/aromatic N) is 1. The summed E-state index contributed by atoms with van der Waals surface area (Å²) in [4.78, 5) is 4.78. The Balaban J connectivity index is 1.82. The van der Waals surface area contributed by atoms with Gasteiger partial charge in [-0.2, -0.15) is 0 Å². The zero-order valence-electron chi connectivity index (χ0n) is 18.3. The minimum Gasteiger partial charge on any atom is -0.490 e. The Morgan fingerprint density at radius 3 is 2.17 bits per heavy atom. The first-order chi connectivity index (χ1) is 14.5. The molecule has 0 spiro atoms. The van der Waals surface area contributed by atoms with E-state index in [0.717, 1.165) is 39.7 Å². The van der Waals surface area contributed by atoms with E-state index in [9.17, 15) is 0 Å². The lowest BCUT2D eigenvalue weighted by Gasteiger charge is -2.12. The highest BCUT2D eigenvalue weighted by atomic mass is 16.6. The number of allylic oxidation sites excluding steroid dienone is 1. The van der Waals surface area contributed by atoms with Crippen molar-refractivity contribution >= 4 is 5.71 Å². The SMILES string of the molecule is C/C=C/COc1cc(C)c(OCC#CCOc2ccc(/C(C)=N/OC)cc2)c(C)c1. The maximum Gasteiger partial charge on any atom is 0.149 e. The van der Waals surface area contributed by atoms with E-state index in [0.29, 0.717) is 19.8 Å². The fourth-order valence-corrected chi connectivity index (χ4v) is 2.77. The first-order valence-corrected chi connectivity index (χ1v) is 9.79. The maximum atomic E-state index is 5.84. The fourth-order valence-electron chi connectivity index (χ4n) is 2.77. The molecule has 2 aromatic rings. The van der Waals surface area contributed by atoms with Crippen LogP contribution in [-0.2, 0) is 4.84 Å². The van der Waals surface area contributed by atoms with Gasteiger partial charge in [0.1, 0.15) is 44.2 Å². The van der Waals surface area contributed by atoms with Crippen molar-refractivity contribution in [1.82, 2.24) is 0 Å². The summed E-state index contributed by atoms with van der Waals surface area (Å²) in [5.74, 6) is 8.39. The van der Waals surface area contributed by atoms with Crippen LogP contribution in [0, 0.1) is 25.7 Å². The molecule has 0 radical (unpaired) electrons. The lowest BCUT2D eigenvalue weighted by atomic mass is 10.1. The van der Waals surface area contributed by atoms with Crippen LogP contribution in [0.4, 0.5) is 0 Å². The maximum absolute atomic E-state index is 5.84. The normalized spacial score (nSPS) is 11.0. The van der Waals surface area contributed by atoms with Crippen molar-refractivity contribution in [2.75, 3.05) is 26.9 Å². The Morgan fingerprint density at radius 1 is 0.933 bits per heavy atom. The highest BCUT2D eigenvalue weighted by Gasteiger charge is 2.06. The average Bonchev–Trinajstić information content (AvgIpc) is 2.73. The van der Waals surface area contributed by atoms with Gasteiger partial charge in [0.05, 0.1) is 5.71 Å². The van der Waals surface area contributed by atoms with E-state index in [1.165, 1.54) is 7.11 Å². The quantitative estimate of drug-likeness (QED) is 0.251. The molecule has 0 heterocycles. The van der Waals surface area contributed by atoms with Gasteiger partial charge in [-0.1, -0.05) is 29.1 Å². The van der Waals surface area contributed by atoms with Crippen molar-refractivity contribution in [3.63, 3.8) is 0 Å². The van der Waals surface area contributed by atoms with Gasteiger partial charge in [0.25, 0.3) is 0 Å². The smallest absolute Gasteiger partial charge is 0.149 e. The minimum atomic E-state index is 0.295. The van der Waals surface area contributed by atoms with E-state index < -0.39 is 0 Å². The second-order valence-corrected chi connectivity index (χ2v) is 6.58. The van der Waals surface area contributed by atoms with Crippen molar-refractivity contribution in [1.29, 1.82) is 0 Å². The van der Waals surface area contributed by atoms with Gasteiger partial charge in [-0.05, 0) is 80.8 Å². The van der Waals surface area contributed by atoms with Gasteiger partial charge in [0.2, 0.25) is 0 Å². The first kappa shape index (κ1) is 22.9. The largest absolute Gasteiger partial charge is 0.490 e. The summed E-state index contributed by atoms with van der Waals surface area (Å²) in [6, 6.07) is 11.6. The highest BCUT2D eigenvalue weighted by molar-refractivity contribution is 5.98. The molecule has 2 rings (SSSR count). The van der Waals surface area contributed by atoms with Crippen LogP contribution in [0.1, 0.15) is 30.5 Å². The van der Waals surface area contributed by atoms with Crippen molar-refractivity contribution < 1.29 is 19.0 Å². The van der Waals surface area contributed by atoms with Crippen LogP contribution < -0.4 is 14.2 Å². The third-order valence-electron chi connectivity index (χ3n) is 4.24. The van der Waals surface area contributed by atoms with Crippen molar-refractivity contribution in [2.45, 2.75) is 27.7 Å². The second-order valence-electron chi connectivity index (χ2n) is 6.58. The molecule has 0 atom stereocenters. The van der Waals surface area contributed by atoms with Crippen LogP contribution in [0.5, 0.6) is 17.2 Å². The predicted octanol–water partition coefficient (Wildman–Crippen LogP) is 5.09. The molecule has 0 saturated carbocycles. The lowest BCUT2D eigenvalue weighted by molar-refractivity contribution is 0.213. The van der Waals surface area contributed by atoms with Crippen LogP contribution in [0.2, 0.25) is 0 Å². The molecule has 0 aliphatic heterocycles. The summed E-state index contributed by atoms with van der Waals surface area (Å²) in [6.45, 7) is 9.02. The zero-order valence-corrected chi connectivity index (χ0v) is 18.3. The monoisotopic (exact) mass is 407 g/mol. The van der Waals surface area contributed by atoms with E-state index in [2.05, 4.69) is 17.0 Å². The molecule has 0 aliphatic rings. The molecule has 0 N–H and O–H groups in total. The average molecular weight is 408 g/mol. The van der Waals surface area contributed by atoms with E-state index >= 15 is 0 Å². The third kappa shape index (κ3) is 7.21. The molecule has 0 saturated heterocycles. The van der Waals surface area contributed by atoms with Crippen LogP contribution in [0.25, 0.3) is 0 Å². The molecular weight excluding hydrogens is 378 g/mol. The molecule has 2 aromatic carbocycles. The van der Waals surface area contributed by atoms with Gasteiger partial charge in [-0.15, -0.1) is 0 Å². The number of benzene rings is 2. The predicted molar refractivity (Wildman–Crippen MR) is 121 cm³/mol. The molecular formula is C25H29NO4. The van der Waals surface area contributed by atoms with Crippen LogP contribution in [0.3, 0.4) is 0 Å². The Kier molecular flexibility index (Phi) is 9.33. The van der Waals surface area contributed by atoms with Crippen LogP contribution >= 0.6 is 0 Å². The number of ether oxygens (including phenoxy) is 3. The highest BCUT2D eigenvalue weighted by Crippen LogP contribution is 2.28. The topological polar surface area (TPSA) is 49.3 Å². The number of aryl methyl sites for hydroxylation is 2. The number of hydrogen-bond acceptors (Lipinski definition) is 5. The van der Waals surface area contributed by atoms with Gasteiger partial charge in [0.15, 0.2) is 0 Å². The van der Waals surface area contributed by atoms with Crippen LogP contribution in [-0.4, -0.2) is 32.6 Å². The summed E-state index contributed by atoms with van der Waals surface area (Å²) in [5, 5.41) is 3.91. The van der Waals surface area contributed by atoms with E-state index in [1.807, 2.05) is 76.2 Å². The van der Waals surface area contributed by atoms with Crippen molar-refractivity contribution in [3.05, 3.63) is 65.2 Å². The van der Waals surface area contributed by atoms with Gasteiger partial charge in [-0.3, -0.25) is 0 Å². The molecule has 0 bridgehead atoms.